The number of nitriles is 1. The van der Waals surface area contributed by atoms with Gasteiger partial charge in [0.1, 0.15) is 17.9 Å². The van der Waals surface area contributed by atoms with E-state index in [4.69, 9.17) is 14.7 Å². The molecule has 1 N–H and O–H groups in total. The van der Waals surface area contributed by atoms with Crippen LogP contribution in [0.1, 0.15) is 37.6 Å². The van der Waals surface area contributed by atoms with Crippen molar-refractivity contribution in [2.75, 3.05) is 44.7 Å². The predicted molar refractivity (Wildman–Crippen MR) is 172 cm³/mol. The lowest BCUT2D eigenvalue weighted by molar-refractivity contribution is 0.119. The number of benzene rings is 2. The molecule has 0 saturated carbocycles. The van der Waals surface area contributed by atoms with Gasteiger partial charge in [-0.1, -0.05) is 42.5 Å². The zero-order chi connectivity index (χ0) is 31.8. The zero-order valence-electron chi connectivity index (χ0n) is 25.7. The Morgan fingerprint density at radius 1 is 1.11 bits per heavy atom. The fourth-order valence-corrected chi connectivity index (χ4v) is 6.51. The van der Waals surface area contributed by atoms with Crippen molar-refractivity contribution in [2.24, 2.45) is 0 Å². The van der Waals surface area contributed by atoms with Crippen molar-refractivity contribution < 1.29 is 14.6 Å². The molecule has 2 fully saturated rings. The van der Waals surface area contributed by atoms with E-state index in [1.165, 1.54) is 4.90 Å². The van der Waals surface area contributed by atoms with E-state index in [1.54, 1.807) is 11.5 Å². The average molecular weight is 609 g/mol. The maximum absolute atomic E-state index is 14.5. The van der Waals surface area contributed by atoms with Gasteiger partial charge in [-0.15, -0.1) is 0 Å². The molecule has 45 heavy (non-hydrogen) atoms. The van der Waals surface area contributed by atoms with Crippen LogP contribution >= 0.6 is 0 Å². The standard InChI is InChI=1S/C33H36N8O4/c1-20(2)25-11-5-8-22-9-6-12-26(27(22)25)41-21(3)35-28-29(31(41)42)36-32(45-19-24-10-7-15-38(24)4)37-30(28)39-16-17-40(33(43)44)23(18-39)13-14-34/h5-6,8-9,11-12,23-24H,1,7,10,13,15-19H2,2-4H3,(H,43,44). The molecule has 4 heterocycles. The molecule has 12 heteroatoms. The van der Waals surface area contributed by atoms with Crippen LogP contribution in [-0.4, -0.2) is 92.4 Å². The van der Waals surface area contributed by atoms with Gasteiger partial charge >= 0.3 is 12.1 Å². The molecule has 0 bridgehead atoms. The molecule has 2 atom stereocenters. The summed E-state index contributed by atoms with van der Waals surface area (Å²) in [5, 5.41) is 21.0. The highest BCUT2D eigenvalue weighted by atomic mass is 16.5. The minimum absolute atomic E-state index is 0.0224. The van der Waals surface area contributed by atoms with Crippen LogP contribution in [0.25, 0.3) is 33.1 Å². The van der Waals surface area contributed by atoms with Crippen molar-refractivity contribution >= 4 is 39.3 Å². The zero-order valence-corrected chi connectivity index (χ0v) is 25.7. The summed E-state index contributed by atoms with van der Waals surface area (Å²) in [7, 11) is 2.06. The second-order valence-corrected chi connectivity index (χ2v) is 11.8. The Hall–Kier alpha value is -5.02. The summed E-state index contributed by atoms with van der Waals surface area (Å²) < 4.78 is 7.72. The largest absolute Gasteiger partial charge is 0.465 e. The van der Waals surface area contributed by atoms with Gasteiger partial charge < -0.3 is 24.5 Å². The van der Waals surface area contributed by atoms with E-state index < -0.39 is 12.1 Å². The molecular weight excluding hydrogens is 572 g/mol. The number of fused-ring (bicyclic) bond motifs is 2. The quantitative estimate of drug-likeness (QED) is 0.324. The molecular formula is C33H36N8O4. The highest BCUT2D eigenvalue weighted by Crippen LogP contribution is 2.32. The summed E-state index contributed by atoms with van der Waals surface area (Å²) in [4.78, 5) is 46.1. The summed E-state index contributed by atoms with van der Waals surface area (Å²) >= 11 is 0. The summed E-state index contributed by atoms with van der Waals surface area (Å²) in [5.74, 6) is 0.830. The molecule has 2 unspecified atom stereocenters. The van der Waals surface area contributed by atoms with Gasteiger partial charge in [0.05, 0.1) is 24.2 Å². The number of piperazine rings is 1. The Bertz CT molecular complexity index is 1910. The fraction of sp³-hybridized carbons (Fsp3) is 0.394. The third-order valence-electron chi connectivity index (χ3n) is 8.86. The maximum atomic E-state index is 14.5. The van der Waals surface area contributed by atoms with Gasteiger partial charge in [-0.05, 0) is 57.3 Å². The summed E-state index contributed by atoms with van der Waals surface area (Å²) in [6.07, 6.45) is 1.01. The monoisotopic (exact) mass is 608 g/mol. The van der Waals surface area contributed by atoms with Crippen molar-refractivity contribution in [3.63, 3.8) is 0 Å². The number of rotatable bonds is 7. The van der Waals surface area contributed by atoms with E-state index in [9.17, 15) is 20.0 Å². The van der Waals surface area contributed by atoms with E-state index in [0.29, 0.717) is 36.0 Å². The normalized spacial score (nSPS) is 18.8. The summed E-state index contributed by atoms with van der Waals surface area (Å²) in [6.45, 7) is 9.92. The number of nitrogens with zero attached hydrogens (tertiary/aromatic N) is 8. The van der Waals surface area contributed by atoms with Crippen LogP contribution in [0.4, 0.5) is 10.6 Å². The second-order valence-electron chi connectivity index (χ2n) is 11.8. The Labute approximate surface area is 260 Å². The molecule has 2 saturated heterocycles. The lowest BCUT2D eigenvalue weighted by Gasteiger charge is -2.39. The Kier molecular flexibility index (Phi) is 8.12. The fourth-order valence-electron chi connectivity index (χ4n) is 6.51. The number of carboxylic acid groups (broad SMARTS) is 1. The third kappa shape index (κ3) is 5.55. The first-order chi connectivity index (χ1) is 21.7. The molecule has 2 aliphatic rings. The van der Waals surface area contributed by atoms with Crippen LogP contribution in [-0.2, 0) is 0 Å². The van der Waals surface area contributed by atoms with Gasteiger partial charge in [-0.25, -0.2) is 9.78 Å². The highest BCUT2D eigenvalue weighted by molar-refractivity contribution is 5.99. The molecule has 0 aliphatic carbocycles. The van der Waals surface area contributed by atoms with Gasteiger partial charge in [-0.3, -0.25) is 9.36 Å². The number of hydrogen-bond acceptors (Lipinski definition) is 9. The summed E-state index contributed by atoms with van der Waals surface area (Å²) in [5.41, 5.74) is 2.51. The van der Waals surface area contributed by atoms with E-state index in [2.05, 4.69) is 29.6 Å². The van der Waals surface area contributed by atoms with Crippen molar-refractivity contribution in [1.82, 2.24) is 29.3 Å². The lowest BCUT2D eigenvalue weighted by atomic mass is 9.98. The number of amides is 1. The SMILES string of the molecule is C=C(C)c1cccc2cccc(-n3c(C)nc4c(N5CCN(C(=O)O)C(CC#N)C5)nc(OCC5CCCN5C)nc4c3=O)c12. The maximum Gasteiger partial charge on any atom is 0.407 e. The van der Waals surface area contributed by atoms with Crippen LogP contribution < -0.4 is 15.2 Å². The lowest BCUT2D eigenvalue weighted by Crippen LogP contribution is -2.55. The molecule has 2 aromatic carbocycles. The van der Waals surface area contributed by atoms with E-state index in [1.807, 2.05) is 48.2 Å². The number of ether oxygens (including phenoxy) is 1. The molecule has 4 aromatic rings. The molecule has 12 nitrogen and oxygen atoms in total. The third-order valence-corrected chi connectivity index (χ3v) is 8.86. The first kappa shape index (κ1) is 30.0. The molecule has 2 aromatic heterocycles. The van der Waals surface area contributed by atoms with Gasteiger partial charge in [0, 0.05) is 31.1 Å². The van der Waals surface area contributed by atoms with Gasteiger partial charge in [-0.2, -0.15) is 15.2 Å². The number of aromatic nitrogens is 4. The number of carbonyl (C=O) groups is 1. The van der Waals surface area contributed by atoms with Crippen molar-refractivity contribution in [2.45, 2.75) is 45.2 Å². The summed E-state index contributed by atoms with van der Waals surface area (Å²) in [6, 6.07) is 13.6. The predicted octanol–water partition coefficient (Wildman–Crippen LogP) is 4.23. The Balaban J connectivity index is 1.53. The average Bonchev–Trinajstić information content (AvgIpc) is 3.44. The number of anilines is 1. The van der Waals surface area contributed by atoms with Gasteiger partial charge in [0.15, 0.2) is 11.3 Å². The van der Waals surface area contributed by atoms with Crippen LogP contribution in [0, 0.1) is 18.3 Å². The van der Waals surface area contributed by atoms with Crippen LogP contribution in [0.15, 0.2) is 47.8 Å². The topological polar surface area (TPSA) is 141 Å². The number of allylic oxidation sites excluding steroid dienone is 1. The molecule has 1 amide bonds. The smallest absolute Gasteiger partial charge is 0.407 e. The molecule has 6 rings (SSSR count). The van der Waals surface area contributed by atoms with Gasteiger partial charge in [0.2, 0.25) is 0 Å². The Morgan fingerprint density at radius 3 is 2.58 bits per heavy atom. The Morgan fingerprint density at radius 2 is 1.89 bits per heavy atom. The molecule has 232 valence electrons. The van der Waals surface area contributed by atoms with E-state index >= 15 is 0 Å². The minimum atomic E-state index is -1.08. The van der Waals surface area contributed by atoms with Crippen molar-refractivity contribution in [3.8, 4) is 17.8 Å². The molecule has 0 radical (unpaired) electrons. The van der Waals surface area contributed by atoms with Crippen molar-refractivity contribution in [3.05, 3.63) is 64.7 Å². The number of likely N-dealkylation sites (tertiary alicyclic amines) is 1. The first-order valence-electron chi connectivity index (χ1n) is 15.1. The first-order valence-corrected chi connectivity index (χ1v) is 15.1. The number of likely N-dealkylation sites (N-methyl/N-ethyl adjacent to an activating group) is 1. The van der Waals surface area contributed by atoms with Crippen LogP contribution in [0.5, 0.6) is 6.01 Å². The van der Waals surface area contributed by atoms with Gasteiger partial charge in [0.25, 0.3) is 5.56 Å². The highest BCUT2D eigenvalue weighted by Gasteiger charge is 2.33. The number of aryl methyl sites for hydroxylation is 1. The van der Waals surface area contributed by atoms with Crippen LogP contribution in [0.2, 0.25) is 0 Å². The van der Waals surface area contributed by atoms with Crippen molar-refractivity contribution in [1.29, 1.82) is 5.26 Å². The minimum Gasteiger partial charge on any atom is -0.465 e. The van der Waals surface area contributed by atoms with E-state index in [0.717, 1.165) is 41.3 Å². The van der Waals surface area contributed by atoms with Crippen LogP contribution in [0.3, 0.4) is 0 Å². The van der Waals surface area contributed by atoms with E-state index in [-0.39, 0.29) is 42.6 Å². The number of hydrogen-bond donors (Lipinski definition) is 1. The molecule has 2 aliphatic heterocycles. The molecule has 0 spiro atoms. The second kappa shape index (κ2) is 12.2.